The highest BCUT2D eigenvalue weighted by Gasteiger charge is 2.50. The molecule has 2 N–H and O–H groups in total. The van der Waals surface area contributed by atoms with Gasteiger partial charge in [0.05, 0.1) is 11.6 Å². The number of alkyl halides is 1. The molecule has 3 aromatic rings. The van der Waals surface area contributed by atoms with Crippen molar-refractivity contribution in [2.24, 2.45) is 0 Å². The highest BCUT2D eigenvalue weighted by atomic mass is 35.5. The minimum Gasteiger partial charge on any atom is -0.508 e. The number of nitrogens with one attached hydrogen (secondary N) is 1. The second-order valence-corrected chi connectivity index (χ2v) is 13.9. The first-order valence-corrected chi connectivity index (χ1v) is 16.9. The maximum Gasteiger partial charge on any atom is 0.319 e. The number of halogens is 3. The van der Waals surface area contributed by atoms with Crippen molar-refractivity contribution >= 4 is 33.4 Å². The molecule has 4 fully saturated rings. The van der Waals surface area contributed by atoms with Crippen LogP contribution in [0.5, 0.6) is 17.6 Å². The third-order valence-corrected chi connectivity index (χ3v) is 11.2. The molecule has 0 spiro atoms. The van der Waals surface area contributed by atoms with E-state index in [-0.39, 0.29) is 59.2 Å². The van der Waals surface area contributed by atoms with Crippen LogP contribution in [-0.4, -0.2) is 87.6 Å². The van der Waals surface area contributed by atoms with Crippen molar-refractivity contribution in [3.05, 3.63) is 35.2 Å². The first kappa shape index (κ1) is 30.1. The van der Waals surface area contributed by atoms with Crippen molar-refractivity contribution < 1.29 is 23.4 Å². The average Bonchev–Trinajstić information content (AvgIpc) is 3.70. The van der Waals surface area contributed by atoms with Crippen molar-refractivity contribution in [1.29, 1.82) is 0 Å². The van der Waals surface area contributed by atoms with Gasteiger partial charge in [0.25, 0.3) is 0 Å². The number of aromatic nitrogens is 3. The van der Waals surface area contributed by atoms with Crippen molar-refractivity contribution in [2.45, 2.75) is 88.5 Å². The maximum atomic E-state index is 17.0. The maximum absolute atomic E-state index is 17.0. The Labute approximate surface area is 271 Å². The van der Waals surface area contributed by atoms with Crippen LogP contribution in [-0.2, 0) is 0 Å². The van der Waals surface area contributed by atoms with Gasteiger partial charge in [-0.15, -0.1) is 0 Å². The molecule has 5 unspecified atom stereocenters. The van der Waals surface area contributed by atoms with E-state index in [9.17, 15) is 9.50 Å². The predicted molar refractivity (Wildman–Crippen MR) is 173 cm³/mol. The molecule has 0 amide bonds. The van der Waals surface area contributed by atoms with Gasteiger partial charge in [-0.3, -0.25) is 4.90 Å². The number of allylic oxidation sites excluding steroid dienone is 1. The Bertz CT molecular complexity index is 1740. The number of hydrogen-bond acceptors (Lipinski definition) is 9. The first-order chi connectivity index (χ1) is 22.3. The number of phenolic OH excluding ortho intramolecular Hbond substituents is 1. The number of fused-ring (bicyclic) bond motifs is 6. The van der Waals surface area contributed by atoms with Gasteiger partial charge in [-0.2, -0.15) is 9.97 Å². The topological polar surface area (TPSA) is 95.9 Å². The SMILES string of the molecule is CC/C=C(/Cl)c1c(C)cc(O)cc1-c1nc2c3c(nc(OCC45CCCN4C(CF)CC5)nc3c1F)N1CC3CCC(N3)C1CO2. The number of phenols is 1. The lowest BCUT2D eigenvalue weighted by molar-refractivity contribution is 0.0772. The number of pyridine rings is 1. The fourth-order valence-corrected chi connectivity index (χ4v) is 9.09. The van der Waals surface area contributed by atoms with Crippen LogP contribution in [0.25, 0.3) is 27.2 Å². The lowest BCUT2D eigenvalue weighted by Crippen LogP contribution is -2.60. The number of rotatable bonds is 7. The number of aromatic hydroxyl groups is 1. The van der Waals surface area contributed by atoms with Gasteiger partial charge < -0.3 is 24.8 Å². The van der Waals surface area contributed by atoms with E-state index in [1.165, 1.54) is 6.07 Å². The third kappa shape index (κ3) is 4.72. The van der Waals surface area contributed by atoms with Gasteiger partial charge in [0.15, 0.2) is 5.82 Å². The van der Waals surface area contributed by atoms with E-state index in [1.807, 2.05) is 19.9 Å². The largest absolute Gasteiger partial charge is 0.508 e. The molecule has 5 aliphatic rings. The minimum atomic E-state index is -0.668. The van der Waals surface area contributed by atoms with Crippen molar-refractivity contribution in [3.63, 3.8) is 0 Å². The average molecular weight is 653 g/mol. The van der Waals surface area contributed by atoms with E-state index in [0.717, 1.165) is 45.1 Å². The molecule has 244 valence electrons. The number of benzene rings is 1. The lowest BCUT2D eigenvalue weighted by atomic mass is 9.95. The molecule has 7 heterocycles. The fourth-order valence-electron chi connectivity index (χ4n) is 8.69. The van der Waals surface area contributed by atoms with Gasteiger partial charge in [-0.1, -0.05) is 24.6 Å². The standard InChI is InChI=1S/C34H39ClF2N6O3/c1-3-5-23(35)26-18(2)12-21(44)13-22(26)29-28(37)30-27-31(42-15-19-6-7-24(38-19)25(42)16-45-32(27)39-29)41-33(40-30)46-17-34-9-4-11-43(34)20(14-36)8-10-34/h5,12-13,19-20,24-25,38,44H,3-4,6-11,14-17H2,1-2H3/b23-5+. The van der Waals surface area contributed by atoms with Crippen LogP contribution in [0.3, 0.4) is 0 Å². The van der Waals surface area contributed by atoms with Gasteiger partial charge in [-0.25, -0.2) is 13.8 Å². The Hall–Kier alpha value is -3.28. The highest BCUT2D eigenvalue weighted by Crippen LogP contribution is 2.46. The molecule has 2 bridgehead atoms. The second kappa shape index (κ2) is 11.5. The minimum absolute atomic E-state index is 0.0172. The smallest absolute Gasteiger partial charge is 0.319 e. The van der Waals surface area contributed by atoms with Gasteiger partial charge in [0, 0.05) is 40.8 Å². The van der Waals surface area contributed by atoms with E-state index in [1.54, 1.807) is 6.07 Å². The van der Waals surface area contributed by atoms with E-state index in [2.05, 4.69) is 15.1 Å². The van der Waals surface area contributed by atoms with Crippen molar-refractivity contribution in [2.75, 3.05) is 37.9 Å². The van der Waals surface area contributed by atoms with Gasteiger partial charge >= 0.3 is 6.01 Å². The number of nitrogens with zero attached hydrogens (tertiary/aromatic N) is 5. The molecular formula is C34H39ClF2N6O3. The Morgan fingerprint density at radius 1 is 1.24 bits per heavy atom. The molecule has 0 radical (unpaired) electrons. The fraction of sp³-hybridized carbons (Fsp3) is 0.559. The van der Waals surface area contributed by atoms with E-state index < -0.39 is 5.82 Å². The first-order valence-electron chi connectivity index (χ1n) is 16.5. The zero-order valence-corrected chi connectivity index (χ0v) is 26.9. The number of anilines is 1. The third-order valence-electron chi connectivity index (χ3n) is 10.8. The molecule has 4 saturated heterocycles. The van der Waals surface area contributed by atoms with Crippen molar-refractivity contribution in [1.82, 2.24) is 25.2 Å². The van der Waals surface area contributed by atoms with Gasteiger partial charge in [-0.05, 0) is 76.1 Å². The predicted octanol–water partition coefficient (Wildman–Crippen LogP) is 5.88. The number of hydrogen-bond donors (Lipinski definition) is 2. The zero-order valence-electron chi connectivity index (χ0n) is 26.2. The summed E-state index contributed by atoms with van der Waals surface area (Å²) in [6.45, 7) is 5.61. The number of piperazine rings is 1. The summed E-state index contributed by atoms with van der Waals surface area (Å²) in [4.78, 5) is 18.9. The molecule has 0 aliphatic carbocycles. The van der Waals surface area contributed by atoms with Crippen LogP contribution >= 0.6 is 11.6 Å². The molecule has 2 aromatic heterocycles. The molecule has 9 nitrogen and oxygen atoms in total. The van der Waals surface area contributed by atoms with E-state index in [4.69, 9.17) is 36.0 Å². The summed E-state index contributed by atoms with van der Waals surface area (Å²) in [5.74, 6) is 0.0981. The number of ether oxygens (including phenoxy) is 2. The summed E-state index contributed by atoms with van der Waals surface area (Å²) in [5, 5.41) is 15.2. The Morgan fingerprint density at radius 2 is 2.11 bits per heavy atom. The Morgan fingerprint density at radius 3 is 2.93 bits per heavy atom. The molecular weight excluding hydrogens is 614 g/mol. The van der Waals surface area contributed by atoms with Crippen LogP contribution in [0.2, 0.25) is 0 Å². The lowest BCUT2D eigenvalue weighted by Gasteiger charge is -2.40. The molecule has 0 saturated carbocycles. The molecule has 46 heavy (non-hydrogen) atoms. The molecule has 8 rings (SSSR count). The summed E-state index contributed by atoms with van der Waals surface area (Å²) in [5.41, 5.74) is 1.38. The van der Waals surface area contributed by atoms with Gasteiger partial charge in [0.1, 0.15) is 48.1 Å². The summed E-state index contributed by atoms with van der Waals surface area (Å²) in [6, 6.07) is 3.53. The summed E-state index contributed by atoms with van der Waals surface area (Å²) in [6.07, 6.45) is 8.13. The van der Waals surface area contributed by atoms with Crippen LogP contribution in [0.15, 0.2) is 18.2 Å². The monoisotopic (exact) mass is 652 g/mol. The van der Waals surface area contributed by atoms with Crippen molar-refractivity contribution in [3.8, 4) is 28.9 Å². The van der Waals surface area contributed by atoms with E-state index >= 15 is 4.39 Å². The molecule has 1 aromatic carbocycles. The molecule has 5 atom stereocenters. The van der Waals surface area contributed by atoms with Crippen LogP contribution < -0.4 is 19.7 Å². The Balaban J connectivity index is 1.29. The van der Waals surface area contributed by atoms with E-state index in [0.29, 0.717) is 65.1 Å². The normalized spacial score (nSPS) is 28.7. The summed E-state index contributed by atoms with van der Waals surface area (Å²) >= 11 is 6.75. The summed E-state index contributed by atoms with van der Waals surface area (Å²) in [7, 11) is 0. The van der Waals surface area contributed by atoms with Crippen LogP contribution in [0, 0.1) is 12.7 Å². The molecule has 12 heteroatoms. The summed E-state index contributed by atoms with van der Waals surface area (Å²) < 4.78 is 43.7. The quantitative estimate of drug-likeness (QED) is 0.324. The highest BCUT2D eigenvalue weighted by molar-refractivity contribution is 6.49. The number of aryl methyl sites for hydroxylation is 1. The van der Waals surface area contributed by atoms with Crippen LogP contribution in [0.1, 0.15) is 63.0 Å². The second-order valence-electron chi connectivity index (χ2n) is 13.5. The van der Waals surface area contributed by atoms with Gasteiger partial charge in [0.2, 0.25) is 5.88 Å². The molecule has 5 aliphatic heterocycles. The Kier molecular flexibility index (Phi) is 7.49. The van der Waals surface area contributed by atoms with Crippen LogP contribution in [0.4, 0.5) is 14.6 Å². The zero-order chi connectivity index (χ0) is 31.7.